The molecule has 0 saturated carbocycles. The maximum absolute atomic E-state index is 11.5. The average Bonchev–Trinajstić information content (AvgIpc) is 3.48. The molecule has 1 fully saturated rings. The molecule has 0 bridgehead atoms. The lowest BCUT2D eigenvalue weighted by Crippen LogP contribution is -2.58. The lowest BCUT2D eigenvalue weighted by Gasteiger charge is -2.41. The summed E-state index contributed by atoms with van der Waals surface area (Å²) >= 11 is 0. The zero-order chi connectivity index (χ0) is 24.6. The molecule has 35 heavy (non-hydrogen) atoms. The second-order valence-electron chi connectivity index (χ2n) is 9.22. The van der Waals surface area contributed by atoms with E-state index in [2.05, 4.69) is 34.5 Å². The first-order chi connectivity index (χ1) is 16.8. The van der Waals surface area contributed by atoms with Crippen LogP contribution in [0.25, 0.3) is 33.8 Å². The van der Waals surface area contributed by atoms with Gasteiger partial charge >= 0.3 is 6.09 Å². The second kappa shape index (κ2) is 8.83. The summed E-state index contributed by atoms with van der Waals surface area (Å²) in [5.74, 6) is 0.491. The van der Waals surface area contributed by atoms with Gasteiger partial charge < -0.3 is 28.8 Å². The number of hydrogen-bond donors (Lipinski definition) is 2. The molecule has 0 aliphatic carbocycles. The van der Waals surface area contributed by atoms with Gasteiger partial charge in [-0.1, -0.05) is 30.6 Å². The van der Waals surface area contributed by atoms with Crippen LogP contribution in [0.3, 0.4) is 0 Å². The summed E-state index contributed by atoms with van der Waals surface area (Å²) < 4.78 is 23.0. The Hall–Kier alpha value is -3.69. The Morgan fingerprint density at radius 2 is 1.77 bits per heavy atom. The SMILES string of the molecule is CCCc1ccc(-c2nc(-c3ccc4oc(C5(NC(=O)O)COC(C)(C)OC5)cc4c3)no2)cc1. The van der Waals surface area contributed by atoms with Crippen molar-refractivity contribution < 1.29 is 28.3 Å². The summed E-state index contributed by atoms with van der Waals surface area (Å²) in [6, 6.07) is 15.4. The van der Waals surface area contributed by atoms with E-state index in [1.165, 1.54) is 5.56 Å². The molecule has 4 aromatic rings. The minimum absolute atomic E-state index is 0.0736. The van der Waals surface area contributed by atoms with E-state index in [1.54, 1.807) is 26.0 Å². The Bertz CT molecular complexity index is 1350. The normalized spacial score (nSPS) is 16.9. The molecular formula is C26H27N3O6. The molecule has 2 N–H and O–H groups in total. The number of nitrogens with one attached hydrogen (secondary N) is 1. The molecule has 0 radical (unpaired) electrons. The molecule has 9 nitrogen and oxygen atoms in total. The van der Waals surface area contributed by atoms with E-state index < -0.39 is 17.4 Å². The van der Waals surface area contributed by atoms with Crippen molar-refractivity contribution in [2.75, 3.05) is 13.2 Å². The first-order valence-corrected chi connectivity index (χ1v) is 11.5. The number of furan rings is 1. The van der Waals surface area contributed by atoms with Crippen LogP contribution in [-0.4, -0.2) is 40.3 Å². The maximum atomic E-state index is 11.5. The van der Waals surface area contributed by atoms with E-state index in [0.717, 1.165) is 29.4 Å². The number of aryl methyl sites for hydroxylation is 1. The first kappa shape index (κ1) is 23.1. The summed E-state index contributed by atoms with van der Waals surface area (Å²) in [5.41, 5.74) is 2.31. The standard InChI is InChI=1S/C26H27N3O6/c1-4-5-16-6-8-17(9-7-16)23-27-22(29-35-23)18-10-11-20-19(12-18)13-21(34-20)26(28-24(30)31)14-32-25(2,3)33-15-26/h6-13,28H,4-5,14-15H2,1-3H3,(H,30,31). The smallest absolute Gasteiger partial charge is 0.405 e. The summed E-state index contributed by atoms with van der Waals surface area (Å²) in [7, 11) is 0. The van der Waals surface area contributed by atoms with Crippen molar-refractivity contribution in [3.05, 3.63) is 59.9 Å². The molecule has 1 saturated heterocycles. The molecule has 2 aromatic heterocycles. The van der Waals surface area contributed by atoms with Gasteiger partial charge in [0.2, 0.25) is 5.82 Å². The van der Waals surface area contributed by atoms with Crippen molar-refractivity contribution in [2.45, 2.75) is 44.9 Å². The van der Waals surface area contributed by atoms with Crippen LogP contribution in [0.4, 0.5) is 4.79 Å². The van der Waals surface area contributed by atoms with Crippen molar-refractivity contribution in [1.29, 1.82) is 0 Å². The predicted octanol–water partition coefficient (Wildman–Crippen LogP) is 5.35. The highest BCUT2D eigenvalue weighted by Crippen LogP contribution is 2.36. The third-order valence-corrected chi connectivity index (χ3v) is 6.09. The van der Waals surface area contributed by atoms with Gasteiger partial charge in [-0.25, -0.2) is 4.79 Å². The molecular weight excluding hydrogens is 450 g/mol. The molecule has 1 aliphatic heterocycles. The molecule has 0 unspecified atom stereocenters. The number of carboxylic acid groups (broad SMARTS) is 1. The first-order valence-electron chi connectivity index (χ1n) is 11.5. The van der Waals surface area contributed by atoms with Crippen molar-refractivity contribution in [1.82, 2.24) is 15.5 Å². The Labute approximate surface area is 202 Å². The predicted molar refractivity (Wildman–Crippen MR) is 128 cm³/mol. The summed E-state index contributed by atoms with van der Waals surface area (Å²) in [4.78, 5) is 16.1. The van der Waals surface area contributed by atoms with Crippen LogP contribution in [0, 0.1) is 0 Å². The number of hydrogen-bond acceptors (Lipinski definition) is 7. The third-order valence-electron chi connectivity index (χ3n) is 6.09. The van der Waals surface area contributed by atoms with Gasteiger partial charge in [-0.2, -0.15) is 4.98 Å². The van der Waals surface area contributed by atoms with Gasteiger partial charge in [0.1, 0.15) is 16.9 Å². The largest absolute Gasteiger partial charge is 0.465 e. The molecule has 182 valence electrons. The Balaban J connectivity index is 1.43. The maximum Gasteiger partial charge on any atom is 0.405 e. The van der Waals surface area contributed by atoms with E-state index in [1.807, 2.05) is 24.3 Å². The molecule has 3 heterocycles. The second-order valence-corrected chi connectivity index (χ2v) is 9.22. The Morgan fingerprint density at radius 1 is 1.06 bits per heavy atom. The van der Waals surface area contributed by atoms with E-state index >= 15 is 0 Å². The van der Waals surface area contributed by atoms with Crippen LogP contribution in [0.15, 0.2) is 57.5 Å². The molecule has 0 spiro atoms. The quantitative estimate of drug-likeness (QED) is 0.381. The molecule has 1 amide bonds. The minimum Gasteiger partial charge on any atom is -0.465 e. The lowest BCUT2D eigenvalue weighted by molar-refractivity contribution is -0.274. The van der Waals surface area contributed by atoms with E-state index in [9.17, 15) is 9.90 Å². The minimum atomic E-state index is -1.19. The van der Waals surface area contributed by atoms with Crippen molar-refractivity contribution in [3.63, 3.8) is 0 Å². The fourth-order valence-electron chi connectivity index (χ4n) is 4.14. The number of amides is 1. The van der Waals surface area contributed by atoms with Crippen LogP contribution in [-0.2, 0) is 21.4 Å². The zero-order valence-corrected chi connectivity index (χ0v) is 19.8. The average molecular weight is 478 g/mol. The Kier molecular flexibility index (Phi) is 5.82. The van der Waals surface area contributed by atoms with Crippen LogP contribution < -0.4 is 5.32 Å². The fraction of sp³-hybridized carbons (Fsp3) is 0.346. The van der Waals surface area contributed by atoms with Gasteiger partial charge in [-0.05, 0) is 62.2 Å². The topological polar surface area (TPSA) is 120 Å². The van der Waals surface area contributed by atoms with Crippen molar-refractivity contribution in [2.24, 2.45) is 0 Å². The molecule has 1 aliphatic rings. The molecule has 0 atom stereocenters. The van der Waals surface area contributed by atoms with Gasteiger partial charge in [0.05, 0.1) is 13.2 Å². The van der Waals surface area contributed by atoms with E-state index in [4.69, 9.17) is 18.4 Å². The molecule has 9 heteroatoms. The number of rotatable bonds is 6. The summed E-state index contributed by atoms with van der Waals surface area (Å²) in [6.07, 6.45) is 0.926. The van der Waals surface area contributed by atoms with E-state index in [0.29, 0.717) is 23.1 Å². The van der Waals surface area contributed by atoms with Crippen LogP contribution in [0.2, 0.25) is 0 Å². The van der Waals surface area contributed by atoms with Gasteiger partial charge in [0.25, 0.3) is 5.89 Å². The molecule has 5 rings (SSSR count). The van der Waals surface area contributed by atoms with Crippen molar-refractivity contribution >= 4 is 17.1 Å². The lowest BCUT2D eigenvalue weighted by atomic mass is 9.96. The highest BCUT2D eigenvalue weighted by molar-refractivity contribution is 5.83. The highest BCUT2D eigenvalue weighted by atomic mass is 16.7. The van der Waals surface area contributed by atoms with Crippen LogP contribution in [0.5, 0.6) is 0 Å². The number of aromatic nitrogens is 2. The van der Waals surface area contributed by atoms with Crippen LogP contribution >= 0.6 is 0 Å². The third kappa shape index (κ3) is 4.65. The van der Waals surface area contributed by atoms with Gasteiger partial charge in [0.15, 0.2) is 5.79 Å². The zero-order valence-electron chi connectivity index (χ0n) is 19.8. The highest BCUT2D eigenvalue weighted by Gasteiger charge is 2.45. The monoisotopic (exact) mass is 477 g/mol. The number of nitrogens with zero attached hydrogens (tertiary/aromatic N) is 2. The fourth-order valence-corrected chi connectivity index (χ4v) is 4.14. The summed E-state index contributed by atoms with van der Waals surface area (Å²) in [6.45, 7) is 5.86. The van der Waals surface area contributed by atoms with E-state index in [-0.39, 0.29) is 13.2 Å². The Morgan fingerprint density at radius 3 is 2.46 bits per heavy atom. The number of fused-ring (bicyclic) bond motifs is 1. The number of benzene rings is 2. The van der Waals surface area contributed by atoms with Gasteiger partial charge in [-0.3, -0.25) is 0 Å². The number of carbonyl (C=O) groups is 1. The molecule has 2 aromatic carbocycles. The van der Waals surface area contributed by atoms with Gasteiger partial charge in [0, 0.05) is 16.5 Å². The van der Waals surface area contributed by atoms with Gasteiger partial charge in [-0.15, -0.1) is 0 Å². The summed E-state index contributed by atoms with van der Waals surface area (Å²) in [5, 5.41) is 16.9. The van der Waals surface area contributed by atoms with Crippen LogP contribution in [0.1, 0.15) is 38.5 Å². The number of ether oxygens (including phenoxy) is 2. The van der Waals surface area contributed by atoms with Crippen molar-refractivity contribution in [3.8, 4) is 22.8 Å².